The number of hydrogen-bond donors (Lipinski definition) is 1. The number of Topliss-reactive ketones (excluding diaryl/α,β-unsaturated/α-hetero) is 1. The molecule has 108 valence electrons. The van der Waals surface area contributed by atoms with Crippen molar-refractivity contribution in [3.63, 3.8) is 0 Å². The molecule has 0 fully saturated rings. The second-order valence-electron chi connectivity index (χ2n) is 4.59. The third kappa shape index (κ3) is 4.64. The van der Waals surface area contributed by atoms with Crippen LogP contribution >= 0.6 is 0 Å². The van der Waals surface area contributed by atoms with E-state index in [2.05, 4.69) is 0 Å². The second kappa shape index (κ2) is 6.50. The molecule has 1 N–H and O–H groups in total. The predicted octanol–water partition coefficient (Wildman–Crippen LogP) is 4.19. The fraction of sp³-hybridized carbons (Fsp3) is 0.333. The zero-order valence-corrected chi connectivity index (χ0v) is 11.3. The molecule has 0 bridgehead atoms. The van der Waals surface area contributed by atoms with Crippen molar-refractivity contribution in [3.8, 4) is 0 Å². The molecule has 0 spiro atoms. The van der Waals surface area contributed by atoms with Gasteiger partial charge in [-0.2, -0.15) is 13.2 Å². The fourth-order valence-electron chi connectivity index (χ4n) is 1.62. The molecule has 0 unspecified atom stereocenters. The first-order valence-corrected chi connectivity index (χ1v) is 6.12. The van der Waals surface area contributed by atoms with Gasteiger partial charge >= 0.3 is 6.18 Å². The molecule has 0 amide bonds. The van der Waals surface area contributed by atoms with Crippen LogP contribution in [0, 0.1) is 5.41 Å². The Hall–Kier alpha value is -1.91. The van der Waals surface area contributed by atoms with E-state index in [1.807, 2.05) is 0 Å². The van der Waals surface area contributed by atoms with E-state index in [0.717, 1.165) is 17.7 Å². The first kappa shape index (κ1) is 16.1. The molecule has 0 aliphatic carbocycles. The quantitative estimate of drug-likeness (QED) is 0.638. The van der Waals surface area contributed by atoms with Gasteiger partial charge in [-0.05, 0) is 25.5 Å². The number of allylic oxidation sites excluding steroid dienone is 2. The first-order chi connectivity index (χ1) is 9.24. The lowest BCUT2D eigenvalue weighted by atomic mass is 10.00. The number of hydrogen-bond acceptors (Lipinski definition) is 2. The predicted molar refractivity (Wildman–Crippen MR) is 71.9 cm³/mol. The number of benzene rings is 1. The third-order valence-electron chi connectivity index (χ3n) is 2.90. The van der Waals surface area contributed by atoms with Crippen LogP contribution in [-0.4, -0.2) is 11.5 Å². The molecule has 0 aromatic heterocycles. The number of nitrogens with one attached hydrogen (secondary N) is 1. The van der Waals surface area contributed by atoms with Crippen molar-refractivity contribution in [1.29, 1.82) is 5.41 Å². The summed E-state index contributed by atoms with van der Waals surface area (Å²) in [6.07, 6.45) is -2.59. The largest absolute Gasteiger partial charge is 0.416 e. The van der Waals surface area contributed by atoms with Crippen molar-refractivity contribution in [2.45, 2.75) is 32.9 Å². The molecule has 1 aromatic carbocycles. The first-order valence-electron chi connectivity index (χ1n) is 6.12. The van der Waals surface area contributed by atoms with Gasteiger partial charge in [-0.25, -0.2) is 0 Å². The molecular weight excluding hydrogens is 267 g/mol. The van der Waals surface area contributed by atoms with Crippen molar-refractivity contribution >= 4 is 11.5 Å². The van der Waals surface area contributed by atoms with Crippen LogP contribution in [0.2, 0.25) is 0 Å². The SMILES string of the molecule is C/C=C(\C)CC(=O)C(=N)Cc1cccc(C(F)(F)F)c1. The minimum atomic E-state index is -4.41. The highest BCUT2D eigenvalue weighted by Crippen LogP contribution is 2.29. The molecule has 0 saturated heterocycles. The Morgan fingerprint density at radius 2 is 2.00 bits per heavy atom. The lowest BCUT2D eigenvalue weighted by Crippen LogP contribution is -2.16. The van der Waals surface area contributed by atoms with Crippen LogP contribution in [0.25, 0.3) is 0 Å². The maximum Gasteiger partial charge on any atom is 0.416 e. The summed E-state index contributed by atoms with van der Waals surface area (Å²) in [5.41, 5.74) is 0.213. The molecule has 0 heterocycles. The minimum absolute atomic E-state index is 0.0836. The van der Waals surface area contributed by atoms with Crippen molar-refractivity contribution in [2.75, 3.05) is 0 Å². The summed E-state index contributed by atoms with van der Waals surface area (Å²) in [7, 11) is 0. The maximum absolute atomic E-state index is 12.6. The topological polar surface area (TPSA) is 40.9 Å². The molecule has 1 aromatic rings. The Labute approximate surface area is 115 Å². The molecule has 0 aliphatic heterocycles. The average molecular weight is 283 g/mol. The summed E-state index contributed by atoms with van der Waals surface area (Å²) in [6, 6.07) is 4.72. The molecule has 2 nitrogen and oxygen atoms in total. The smallest absolute Gasteiger partial charge is 0.301 e. The van der Waals surface area contributed by atoms with Crippen LogP contribution in [-0.2, 0) is 17.4 Å². The van der Waals surface area contributed by atoms with Gasteiger partial charge < -0.3 is 5.41 Å². The molecule has 0 aliphatic rings. The van der Waals surface area contributed by atoms with E-state index in [-0.39, 0.29) is 24.3 Å². The molecule has 0 saturated carbocycles. The summed E-state index contributed by atoms with van der Waals surface area (Å²) >= 11 is 0. The van der Waals surface area contributed by atoms with E-state index in [9.17, 15) is 18.0 Å². The standard InChI is InChI=1S/C15H16F3NO/c1-3-10(2)7-14(20)13(19)9-11-5-4-6-12(8-11)15(16,17)18/h3-6,8,19H,7,9H2,1-2H3/b10-3+,19-13?. The Bertz CT molecular complexity index is 544. The number of carbonyl (C=O) groups is 1. The highest BCUT2D eigenvalue weighted by molar-refractivity contribution is 6.39. The molecule has 5 heteroatoms. The molecule has 0 radical (unpaired) electrons. The Balaban J connectivity index is 2.79. The van der Waals surface area contributed by atoms with Crippen LogP contribution < -0.4 is 0 Å². The van der Waals surface area contributed by atoms with Crippen molar-refractivity contribution in [2.24, 2.45) is 0 Å². The van der Waals surface area contributed by atoms with Crippen LogP contribution in [0.1, 0.15) is 31.4 Å². The molecule has 20 heavy (non-hydrogen) atoms. The highest BCUT2D eigenvalue weighted by Gasteiger charge is 2.30. The van der Waals surface area contributed by atoms with Crippen LogP contribution in [0.15, 0.2) is 35.9 Å². The van der Waals surface area contributed by atoms with Crippen LogP contribution in [0.3, 0.4) is 0 Å². The maximum atomic E-state index is 12.6. The Morgan fingerprint density at radius 3 is 2.55 bits per heavy atom. The van der Waals surface area contributed by atoms with Gasteiger partial charge in [-0.3, -0.25) is 4.79 Å². The van der Waals surface area contributed by atoms with Gasteiger partial charge in [-0.1, -0.05) is 29.8 Å². The fourth-order valence-corrected chi connectivity index (χ4v) is 1.62. The van der Waals surface area contributed by atoms with E-state index in [4.69, 9.17) is 5.41 Å². The second-order valence-corrected chi connectivity index (χ2v) is 4.59. The van der Waals surface area contributed by atoms with Gasteiger partial charge in [0.25, 0.3) is 0 Å². The van der Waals surface area contributed by atoms with Crippen molar-refractivity contribution in [1.82, 2.24) is 0 Å². The summed E-state index contributed by atoms with van der Waals surface area (Å²) in [5, 5.41) is 7.67. The lowest BCUT2D eigenvalue weighted by Gasteiger charge is -2.09. The molecule has 0 atom stereocenters. The van der Waals surface area contributed by atoms with E-state index < -0.39 is 11.7 Å². The van der Waals surface area contributed by atoms with Gasteiger partial charge in [0, 0.05) is 12.8 Å². The van der Waals surface area contributed by atoms with Crippen molar-refractivity contribution < 1.29 is 18.0 Å². The number of ketones is 1. The Kier molecular flexibility index (Phi) is 5.25. The normalized spacial score (nSPS) is 12.3. The molecular formula is C15H16F3NO. The van der Waals surface area contributed by atoms with Gasteiger partial charge in [0.2, 0.25) is 0 Å². The molecule has 1 rings (SSSR count). The van der Waals surface area contributed by atoms with E-state index in [0.29, 0.717) is 5.56 Å². The number of rotatable bonds is 5. The number of halogens is 3. The summed E-state index contributed by atoms with van der Waals surface area (Å²) < 4.78 is 37.7. The minimum Gasteiger partial charge on any atom is -0.301 e. The zero-order chi connectivity index (χ0) is 15.3. The summed E-state index contributed by atoms with van der Waals surface area (Å²) in [6.45, 7) is 3.56. The van der Waals surface area contributed by atoms with Crippen molar-refractivity contribution in [3.05, 3.63) is 47.0 Å². The van der Waals surface area contributed by atoms with Gasteiger partial charge in [0.15, 0.2) is 5.78 Å². The van der Waals surface area contributed by atoms with E-state index in [1.165, 1.54) is 12.1 Å². The number of carbonyl (C=O) groups excluding carboxylic acids is 1. The van der Waals surface area contributed by atoms with Gasteiger partial charge in [-0.15, -0.1) is 0 Å². The summed E-state index contributed by atoms with van der Waals surface area (Å²) in [4.78, 5) is 11.7. The zero-order valence-electron chi connectivity index (χ0n) is 11.3. The van der Waals surface area contributed by atoms with Gasteiger partial charge in [0.1, 0.15) is 0 Å². The lowest BCUT2D eigenvalue weighted by molar-refractivity contribution is -0.137. The summed E-state index contributed by atoms with van der Waals surface area (Å²) in [5.74, 6) is -0.363. The number of alkyl halides is 3. The monoisotopic (exact) mass is 283 g/mol. The van der Waals surface area contributed by atoms with E-state index >= 15 is 0 Å². The van der Waals surface area contributed by atoms with E-state index in [1.54, 1.807) is 19.9 Å². The average Bonchev–Trinajstić information content (AvgIpc) is 2.37. The van der Waals surface area contributed by atoms with Crippen LogP contribution in [0.4, 0.5) is 13.2 Å². The highest BCUT2D eigenvalue weighted by atomic mass is 19.4. The van der Waals surface area contributed by atoms with Crippen LogP contribution in [0.5, 0.6) is 0 Å². The third-order valence-corrected chi connectivity index (χ3v) is 2.90. The van der Waals surface area contributed by atoms with Gasteiger partial charge in [0.05, 0.1) is 11.3 Å². The Morgan fingerprint density at radius 1 is 1.35 bits per heavy atom.